The lowest BCUT2D eigenvalue weighted by atomic mass is 10.1. The van der Waals surface area contributed by atoms with Crippen molar-refractivity contribution in [2.45, 2.75) is 4.90 Å². The van der Waals surface area contributed by atoms with Crippen LogP contribution in [0.2, 0.25) is 0 Å². The number of ether oxygens (including phenoxy) is 2. The molecular formula is C16H16O3S. The summed E-state index contributed by atoms with van der Waals surface area (Å²) in [6.07, 6.45) is 0. The van der Waals surface area contributed by atoms with Gasteiger partial charge in [0, 0.05) is 10.5 Å². The molecule has 0 spiro atoms. The molecule has 0 N–H and O–H groups in total. The number of benzene rings is 2. The summed E-state index contributed by atoms with van der Waals surface area (Å²) in [5.74, 6) is 1.92. The smallest absolute Gasteiger partial charge is 0.173 e. The molecule has 0 fully saturated rings. The van der Waals surface area contributed by atoms with Crippen LogP contribution in [0.25, 0.3) is 0 Å². The van der Waals surface area contributed by atoms with Crippen LogP contribution in [0.3, 0.4) is 0 Å². The Bertz CT molecular complexity index is 596. The van der Waals surface area contributed by atoms with Crippen LogP contribution in [0.1, 0.15) is 10.4 Å². The number of hydrogen-bond donors (Lipinski definition) is 0. The van der Waals surface area contributed by atoms with Crippen molar-refractivity contribution >= 4 is 17.5 Å². The lowest BCUT2D eigenvalue weighted by molar-refractivity contribution is 0.102. The second-order valence-electron chi connectivity index (χ2n) is 4.09. The highest BCUT2D eigenvalue weighted by molar-refractivity contribution is 8.00. The Labute approximate surface area is 122 Å². The molecule has 0 atom stereocenters. The lowest BCUT2D eigenvalue weighted by Crippen LogP contribution is -2.02. The molecule has 3 nitrogen and oxygen atoms in total. The Morgan fingerprint density at radius 3 is 2.60 bits per heavy atom. The van der Waals surface area contributed by atoms with Gasteiger partial charge < -0.3 is 9.47 Å². The predicted molar refractivity (Wildman–Crippen MR) is 81.0 cm³/mol. The summed E-state index contributed by atoms with van der Waals surface area (Å²) in [5.41, 5.74) is 0.659. The van der Waals surface area contributed by atoms with E-state index in [-0.39, 0.29) is 5.78 Å². The third-order valence-corrected chi connectivity index (χ3v) is 3.87. The zero-order valence-corrected chi connectivity index (χ0v) is 12.3. The van der Waals surface area contributed by atoms with Gasteiger partial charge in [-0.1, -0.05) is 24.3 Å². The number of Topliss-reactive ketones (excluding diaryl/α,β-unsaturated/α-hetero) is 1. The largest absolute Gasteiger partial charge is 0.497 e. The van der Waals surface area contributed by atoms with Gasteiger partial charge in [0.15, 0.2) is 5.78 Å². The van der Waals surface area contributed by atoms with E-state index in [1.165, 1.54) is 11.8 Å². The zero-order valence-electron chi connectivity index (χ0n) is 11.5. The van der Waals surface area contributed by atoms with Crippen LogP contribution in [0.4, 0.5) is 0 Å². The molecule has 104 valence electrons. The molecule has 20 heavy (non-hydrogen) atoms. The fourth-order valence-electron chi connectivity index (χ4n) is 1.76. The average Bonchev–Trinajstić information content (AvgIpc) is 2.52. The second-order valence-corrected chi connectivity index (χ2v) is 5.11. The summed E-state index contributed by atoms with van der Waals surface area (Å²) < 4.78 is 10.4. The normalized spacial score (nSPS) is 10.1. The van der Waals surface area contributed by atoms with Crippen LogP contribution < -0.4 is 9.47 Å². The Morgan fingerprint density at radius 2 is 1.85 bits per heavy atom. The molecule has 2 aromatic carbocycles. The summed E-state index contributed by atoms with van der Waals surface area (Å²) in [5, 5.41) is 0. The number of carbonyl (C=O) groups is 1. The predicted octanol–water partition coefficient (Wildman–Crippen LogP) is 3.68. The molecular weight excluding hydrogens is 272 g/mol. The summed E-state index contributed by atoms with van der Waals surface area (Å²) in [6, 6.07) is 14.9. The molecule has 0 saturated heterocycles. The summed E-state index contributed by atoms with van der Waals surface area (Å²) >= 11 is 1.47. The minimum absolute atomic E-state index is 0.0693. The summed E-state index contributed by atoms with van der Waals surface area (Å²) in [7, 11) is 3.22. The topological polar surface area (TPSA) is 35.5 Å². The molecule has 0 aliphatic carbocycles. The first kappa shape index (κ1) is 14.5. The van der Waals surface area contributed by atoms with E-state index in [9.17, 15) is 4.79 Å². The van der Waals surface area contributed by atoms with E-state index in [0.29, 0.717) is 17.1 Å². The molecule has 0 unspecified atom stereocenters. The summed E-state index contributed by atoms with van der Waals surface area (Å²) in [6.45, 7) is 0. The van der Waals surface area contributed by atoms with Gasteiger partial charge in [-0.3, -0.25) is 4.79 Å². The van der Waals surface area contributed by atoms with Gasteiger partial charge in [-0.05, 0) is 24.3 Å². The lowest BCUT2D eigenvalue weighted by Gasteiger charge is -2.07. The maximum absolute atomic E-state index is 12.2. The first-order valence-corrected chi connectivity index (χ1v) is 7.16. The van der Waals surface area contributed by atoms with E-state index in [4.69, 9.17) is 9.47 Å². The van der Waals surface area contributed by atoms with Gasteiger partial charge in [-0.15, -0.1) is 11.8 Å². The van der Waals surface area contributed by atoms with Crippen molar-refractivity contribution < 1.29 is 14.3 Å². The average molecular weight is 288 g/mol. The van der Waals surface area contributed by atoms with E-state index in [1.807, 2.05) is 36.4 Å². The monoisotopic (exact) mass is 288 g/mol. The highest BCUT2D eigenvalue weighted by Gasteiger charge is 2.09. The first-order valence-electron chi connectivity index (χ1n) is 6.17. The Balaban J connectivity index is 2.04. The van der Waals surface area contributed by atoms with Crippen LogP contribution in [0.15, 0.2) is 53.4 Å². The Morgan fingerprint density at radius 1 is 1.05 bits per heavy atom. The van der Waals surface area contributed by atoms with Gasteiger partial charge in [0.05, 0.1) is 20.0 Å². The van der Waals surface area contributed by atoms with Crippen LogP contribution in [-0.2, 0) is 0 Å². The van der Waals surface area contributed by atoms with Gasteiger partial charge in [0.25, 0.3) is 0 Å². The number of thioether (sulfide) groups is 1. The van der Waals surface area contributed by atoms with Crippen molar-refractivity contribution in [2.24, 2.45) is 0 Å². The van der Waals surface area contributed by atoms with Crippen molar-refractivity contribution in [3.05, 3.63) is 54.1 Å². The molecule has 2 aromatic rings. The van der Waals surface area contributed by atoms with E-state index in [0.717, 1.165) is 10.6 Å². The zero-order chi connectivity index (χ0) is 14.4. The quantitative estimate of drug-likeness (QED) is 0.600. The van der Waals surface area contributed by atoms with E-state index < -0.39 is 0 Å². The number of para-hydroxylation sites is 1. The number of ketones is 1. The van der Waals surface area contributed by atoms with E-state index in [1.54, 1.807) is 26.4 Å². The van der Waals surface area contributed by atoms with Gasteiger partial charge in [0.1, 0.15) is 11.5 Å². The molecule has 0 amide bonds. The highest BCUT2D eigenvalue weighted by Crippen LogP contribution is 2.29. The highest BCUT2D eigenvalue weighted by atomic mass is 32.2. The fourth-order valence-corrected chi connectivity index (χ4v) is 2.68. The molecule has 0 heterocycles. The molecule has 0 saturated carbocycles. The maximum Gasteiger partial charge on any atom is 0.173 e. The second kappa shape index (κ2) is 7.01. The molecule has 2 rings (SSSR count). The molecule has 0 bridgehead atoms. The Hall–Kier alpha value is -1.94. The third-order valence-electron chi connectivity index (χ3n) is 2.82. The third kappa shape index (κ3) is 3.54. The van der Waals surface area contributed by atoms with Gasteiger partial charge in [-0.25, -0.2) is 0 Å². The number of carbonyl (C=O) groups excluding carboxylic acids is 1. The number of methoxy groups -OCH3 is 2. The van der Waals surface area contributed by atoms with Gasteiger partial charge in [-0.2, -0.15) is 0 Å². The molecule has 0 aliphatic heterocycles. The van der Waals surface area contributed by atoms with Crippen LogP contribution >= 0.6 is 11.8 Å². The van der Waals surface area contributed by atoms with Gasteiger partial charge in [0.2, 0.25) is 0 Å². The summed E-state index contributed by atoms with van der Waals surface area (Å²) in [4.78, 5) is 13.1. The van der Waals surface area contributed by atoms with Crippen molar-refractivity contribution in [3.63, 3.8) is 0 Å². The molecule has 0 aromatic heterocycles. The van der Waals surface area contributed by atoms with Crippen LogP contribution in [0.5, 0.6) is 11.5 Å². The standard InChI is InChI=1S/C16H16O3S/c1-18-13-7-5-6-12(10-13)14(17)11-20-16-9-4-3-8-15(16)19-2/h3-10H,11H2,1-2H3. The van der Waals surface area contributed by atoms with E-state index >= 15 is 0 Å². The fraction of sp³-hybridized carbons (Fsp3) is 0.188. The molecule has 0 aliphatic rings. The minimum atomic E-state index is 0.0693. The van der Waals surface area contributed by atoms with Crippen LogP contribution in [-0.4, -0.2) is 25.8 Å². The first-order chi connectivity index (χ1) is 9.74. The number of rotatable bonds is 6. The maximum atomic E-state index is 12.2. The minimum Gasteiger partial charge on any atom is -0.497 e. The number of hydrogen-bond acceptors (Lipinski definition) is 4. The van der Waals surface area contributed by atoms with Crippen molar-refractivity contribution in [1.29, 1.82) is 0 Å². The van der Waals surface area contributed by atoms with Crippen molar-refractivity contribution in [2.75, 3.05) is 20.0 Å². The SMILES string of the molecule is COc1cccc(C(=O)CSc2ccccc2OC)c1. The van der Waals surface area contributed by atoms with Crippen LogP contribution in [0, 0.1) is 0 Å². The Kier molecular flexibility index (Phi) is 5.07. The van der Waals surface area contributed by atoms with Crippen molar-refractivity contribution in [3.8, 4) is 11.5 Å². The molecule has 4 heteroatoms. The van der Waals surface area contributed by atoms with E-state index in [2.05, 4.69) is 0 Å². The van der Waals surface area contributed by atoms with Gasteiger partial charge >= 0.3 is 0 Å². The van der Waals surface area contributed by atoms with Crippen molar-refractivity contribution in [1.82, 2.24) is 0 Å². The molecule has 0 radical (unpaired) electrons.